The average molecular weight is 282 g/mol. The molecule has 5 nitrogen and oxygen atoms in total. The van der Waals surface area contributed by atoms with E-state index in [-0.39, 0.29) is 66.3 Å². The summed E-state index contributed by atoms with van der Waals surface area (Å²) in [5.41, 5.74) is 0. The van der Waals surface area contributed by atoms with Crippen molar-refractivity contribution in [1.82, 2.24) is 0 Å². The van der Waals surface area contributed by atoms with E-state index in [1.807, 2.05) is 0 Å². The van der Waals surface area contributed by atoms with Crippen LogP contribution in [-0.4, -0.2) is 0 Å². The predicted molar refractivity (Wildman–Crippen MR) is 3.43 cm³/mol. The Morgan fingerprint density at radius 1 is 0.286 bits per heavy atom. The Balaban J connectivity index is 0. The third kappa shape index (κ3) is 164. The molecule has 0 rings (SSSR count). The van der Waals surface area contributed by atoms with Gasteiger partial charge in [-0.2, -0.15) is 0 Å². The summed E-state index contributed by atoms with van der Waals surface area (Å²) in [6.45, 7) is 0. The van der Waals surface area contributed by atoms with Crippen LogP contribution < -0.4 is 0 Å². The molecule has 0 atom stereocenters. The summed E-state index contributed by atoms with van der Waals surface area (Å²) in [6.07, 6.45) is 0. The van der Waals surface area contributed by atoms with E-state index in [4.69, 9.17) is 0 Å². The van der Waals surface area contributed by atoms with Crippen LogP contribution in [0, 0.1) is 0 Å². The molecule has 0 aliphatic rings. The molecule has 0 heterocycles. The second-order valence-corrected chi connectivity index (χ2v) is 0. The summed E-state index contributed by atoms with van der Waals surface area (Å²) in [7, 11) is 0. The third-order valence-electron chi connectivity index (χ3n) is 0. The zero-order valence-corrected chi connectivity index (χ0v) is 6.22. The zero-order chi connectivity index (χ0) is 0. The smallest absolute Gasteiger partial charge is 2.00 e. The Bertz CT molecular complexity index is 6.04. The summed E-state index contributed by atoms with van der Waals surface area (Å²) in [5.74, 6) is 0. The largest absolute Gasteiger partial charge is 5.00 e. The van der Waals surface area contributed by atoms with Crippen LogP contribution in [0.1, 0.15) is 0 Å². The van der Waals surface area contributed by atoms with Gasteiger partial charge in [0.1, 0.15) is 0 Å². The van der Waals surface area contributed by atoms with Crippen LogP contribution in [0.4, 0.5) is 0 Å². The minimum Gasteiger partial charge on any atom is -2.00 e. The summed E-state index contributed by atoms with van der Waals surface area (Å²) < 4.78 is 0. The second-order valence-electron chi connectivity index (χ2n) is 0. The standard InChI is InChI=1S/5O.2Ru/q5*-2;2*+5. The summed E-state index contributed by atoms with van der Waals surface area (Å²) in [5, 5.41) is 0. The molecule has 0 aromatic rings. The van der Waals surface area contributed by atoms with Crippen molar-refractivity contribution in [1.29, 1.82) is 0 Å². The Morgan fingerprint density at radius 2 is 0.286 bits per heavy atom. The third-order valence-corrected chi connectivity index (χ3v) is 0. The molecule has 0 unspecified atom stereocenters. The molecule has 0 aliphatic carbocycles. The SMILES string of the molecule is [O-2].[O-2].[O-2].[O-2].[O-2].[Ru+5].[Ru+5]. The summed E-state index contributed by atoms with van der Waals surface area (Å²) in [6, 6.07) is 0. The maximum Gasteiger partial charge on any atom is 5.00 e. The second kappa shape index (κ2) is 235. The molecular weight excluding hydrogens is 282 g/mol. The summed E-state index contributed by atoms with van der Waals surface area (Å²) in [4.78, 5) is 0. The van der Waals surface area contributed by atoms with Gasteiger partial charge in [-0.15, -0.1) is 0 Å². The molecule has 46 valence electrons. The average Bonchev–Trinajstić information content (AvgIpc) is 0. The molecule has 0 fully saturated rings. The molecule has 0 saturated carbocycles. The maximum atomic E-state index is 0. The van der Waals surface area contributed by atoms with Crippen LogP contribution in [0.5, 0.6) is 0 Å². The number of hydrogen-bond acceptors (Lipinski definition) is 0. The first-order chi connectivity index (χ1) is 0. The molecule has 0 aromatic carbocycles. The van der Waals surface area contributed by atoms with Gasteiger partial charge >= 0.3 is 39.0 Å². The van der Waals surface area contributed by atoms with Crippen molar-refractivity contribution >= 4 is 0 Å². The van der Waals surface area contributed by atoms with E-state index >= 15 is 0 Å². The fourth-order valence-electron chi connectivity index (χ4n) is 0. The van der Waals surface area contributed by atoms with Crippen LogP contribution in [0.2, 0.25) is 0 Å². The molecule has 7 heavy (non-hydrogen) atoms. The molecule has 0 saturated heterocycles. The fraction of sp³-hybridized carbons (Fsp3) is 0. The minimum absolute atomic E-state index is 0. The predicted octanol–water partition coefficient (Wildman–Crippen LogP) is -0.599. The molecule has 0 amide bonds. The topological polar surface area (TPSA) is 142 Å². The minimum atomic E-state index is 0. The van der Waals surface area contributed by atoms with Gasteiger partial charge in [0.25, 0.3) is 0 Å². The van der Waals surface area contributed by atoms with Crippen molar-refractivity contribution in [2.24, 2.45) is 0 Å². The molecule has 0 spiro atoms. The van der Waals surface area contributed by atoms with Crippen molar-refractivity contribution < 1.29 is 66.3 Å². The van der Waals surface area contributed by atoms with Gasteiger partial charge in [-0.3, -0.25) is 0 Å². The molecule has 7 heteroatoms. The van der Waals surface area contributed by atoms with Crippen molar-refractivity contribution in [3.63, 3.8) is 0 Å². The quantitative estimate of drug-likeness (QED) is 0.523. The van der Waals surface area contributed by atoms with Gasteiger partial charge in [0, 0.05) is 0 Å². The van der Waals surface area contributed by atoms with Crippen molar-refractivity contribution in [3.05, 3.63) is 0 Å². The normalized spacial score (nSPS) is 0. The molecule has 2 radical (unpaired) electrons. The molecule has 0 aromatic heterocycles. The van der Waals surface area contributed by atoms with Crippen molar-refractivity contribution in [3.8, 4) is 0 Å². The summed E-state index contributed by atoms with van der Waals surface area (Å²) >= 11 is 0. The first kappa shape index (κ1) is 365. The van der Waals surface area contributed by atoms with E-state index in [0.717, 1.165) is 0 Å². The van der Waals surface area contributed by atoms with Gasteiger partial charge in [0.05, 0.1) is 0 Å². The fourth-order valence-corrected chi connectivity index (χ4v) is 0. The van der Waals surface area contributed by atoms with E-state index in [1.165, 1.54) is 0 Å². The van der Waals surface area contributed by atoms with Gasteiger partial charge in [-0.1, -0.05) is 0 Å². The zero-order valence-electron chi connectivity index (χ0n) is 2.75. The van der Waals surface area contributed by atoms with Crippen LogP contribution >= 0.6 is 0 Å². The van der Waals surface area contributed by atoms with E-state index in [9.17, 15) is 0 Å². The van der Waals surface area contributed by atoms with Crippen LogP contribution in [0.15, 0.2) is 0 Å². The number of hydrogen-bond donors (Lipinski definition) is 0. The van der Waals surface area contributed by atoms with Crippen LogP contribution in [-0.2, 0) is 66.3 Å². The Hall–Kier alpha value is 1.05. The Morgan fingerprint density at radius 3 is 0.286 bits per heavy atom. The van der Waals surface area contributed by atoms with Gasteiger partial charge in [-0.05, 0) is 0 Å². The van der Waals surface area contributed by atoms with Gasteiger partial charge in [-0.25, -0.2) is 0 Å². The van der Waals surface area contributed by atoms with E-state index < -0.39 is 0 Å². The van der Waals surface area contributed by atoms with Crippen LogP contribution in [0.25, 0.3) is 0 Å². The molecule has 0 bridgehead atoms. The Labute approximate surface area is 66.5 Å². The van der Waals surface area contributed by atoms with Gasteiger partial charge < -0.3 is 27.4 Å². The molecule has 0 N–H and O–H groups in total. The van der Waals surface area contributed by atoms with Crippen LogP contribution in [0.3, 0.4) is 0 Å². The first-order valence-electron chi connectivity index (χ1n) is 0. The van der Waals surface area contributed by atoms with Gasteiger partial charge in [0.15, 0.2) is 0 Å². The Kier molecular flexibility index (Phi) is 12300. The van der Waals surface area contributed by atoms with Crippen molar-refractivity contribution in [2.45, 2.75) is 0 Å². The van der Waals surface area contributed by atoms with E-state index in [1.54, 1.807) is 0 Å². The van der Waals surface area contributed by atoms with E-state index in [2.05, 4.69) is 0 Å². The maximum absolute atomic E-state index is 0. The van der Waals surface area contributed by atoms with E-state index in [0.29, 0.717) is 0 Å². The van der Waals surface area contributed by atoms with Crippen molar-refractivity contribution in [2.75, 3.05) is 0 Å². The number of rotatable bonds is 0. The molecular formula is O5Ru2. The van der Waals surface area contributed by atoms with Gasteiger partial charge in [0.2, 0.25) is 0 Å². The molecule has 0 aliphatic heterocycles. The first-order valence-corrected chi connectivity index (χ1v) is 0. The monoisotopic (exact) mass is 284 g/mol.